The van der Waals surface area contributed by atoms with Crippen LogP contribution >= 0.6 is 11.8 Å². The van der Waals surface area contributed by atoms with Crippen LogP contribution in [0.3, 0.4) is 0 Å². The van der Waals surface area contributed by atoms with Gasteiger partial charge in [-0.05, 0) is 31.9 Å². The molecule has 0 unspecified atom stereocenters. The number of aryl methyl sites for hydroxylation is 3. The zero-order chi connectivity index (χ0) is 13.6. The Morgan fingerprint density at radius 3 is 2.53 bits per heavy atom. The lowest BCUT2D eigenvalue weighted by molar-refractivity contribution is 1.03. The van der Waals surface area contributed by atoms with E-state index in [-0.39, 0.29) is 5.56 Å². The van der Waals surface area contributed by atoms with Gasteiger partial charge in [0.15, 0.2) is 0 Å². The van der Waals surface area contributed by atoms with Gasteiger partial charge in [0.2, 0.25) is 0 Å². The molecule has 0 bridgehead atoms. The van der Waals surface area contributed by atoms with Crippen molar-refractivity contribution >= 4 is 11.8 Å². The van der Waals surface area contributed by atoms with Crippen molar-refractivity contribution in [3.8, 4) is 11.4 Å². The lowest BCUT2D eigenvalue weighted by Crippen LogP contribution is -2.15. The average Bonchev–Trinajstić information content (AvgIpc) is 2.76. The summed E-state index contributed by atoms with van der Waals surface area (Å²) >= 11 is 1.75. The minimum Gasteiger partial charge on any atom is -0.306 e. The standard InChI is InChI=1S/C15H16N2OS/c1-8-4-9(2)13(10(3)5-8)14-16-12-7-19-6-11(12)15(18)17-14/h4-5H,6-7H2,1-3H3,(H,16,17,18). The normalized spacial score (nSPS) is 13.6. The molecule has 2 aromatic rings. The predicted octanol–water partition coefficient (Wildman–Crippen LogP) is 3.11. The van der Waals surface area contributed by atoms with E-state index in [1.165, 1.54) is 5.56 Å². The Morgan fingerprint density at radius 2 is 1.84 bits per heavy atom. The van der Waals surface area contributed by atoms with E-state index >= 15 is 0 Å². The number of benzene rings is 1. The van der Waals surface area contributed by atoms with Crippen LogP contribution in [-0.2, 0) is 11.5 Å². The maximum Gasteiger partial charge on any atom is 0.255 e. The first kappa shape index (κ1) is 12.5. The van der Waals surface area contributed by atoms with Gasteiger partial charge in [0.1, 0.15) is 5.82 Å². The van der Waals surface area contributed by atoms with Crippen molar-refractivity contribution in [2.75, 3.05) is 0 Å². The van der Waals surface area contributed by atoms with E-state index in [2.05, 4.69) is 42.9 Å². The van der Waals surface area contributed by atoms with Crippen molar-refractivity contribution in [3.05, 3.63) is 50.4 Å². The summed E-state index contributed by atoms with van der Waals surface area (Å²) in [5.74, 6) is 2.33. The highest BCUT2D eigenvalue weighted by Gasteiger charge is 2.19. The highest BCUT2D eigenvalue weighted by atomic mass is 32.2. The Balaban J connectivity index is 2.24. The molecule has 0 atom stereocenters. The van der Waals surface area contributed by atoms with Crippen molar-refractivity contribution in [3.63, 3.8) is 0 Å². The van der Waals surface area contributed by atoms with Crippen molar-refractivity contribution in [2.45, 2.75) is 32.3 Å². The number of aromatic nitrogens is 2. The number of hydrogen-bond donors (Lipinski definition) is 1. The molecule has 4 heteroatoms. The molecule has 2 heterocycles. The number of fused-ring (bicyclic) bond motifs is 1. The fourth-order valence-corrected chi connectivity index (χ4v) is 3.77. The zero-order valence-electron chi connectivity index (χ0n) is 11.3. The van der Waals surface area contributed by atoms with Gasteiger partial charge in [0.05, 0.1) is 5.69 Å². The molecule has 0 aliphatic carbocycles. The van der Waals surface area contributed by atoms with Crippen LogP contribution in [0.5, 0.6) is 0 Å². The molecule has 0 radical (unpaired) electrons. The molecule has 0 spiro atoms. The monoisotopic (exact) mass is 272 g/mol. The minimum absolute atomic E-state index is 0.0179. The van der Waals surface area contributed by atoms with E-state index < -0.39 is 0 Å². The molecule has 0 amide bonds. The van der Waals surface area contributed by atoms with E-state index in [4.69, 9.17) is 0 Å². The highest BCUT2D eigenvalue weighted by molar-refractivity contribution is 7.98. The number of rotatable bonds is 1. The lowest BCUT2D eigenvalue weighted by atomic mass is 9.99. The van der Waals surface area contributed by atoms with Gasteiger partial charge < -0.3 is 4.98 Å². The fraction of sp³-hybridized carbons (Fsp3) is 0.333. The van der Waals surface area contributed by atoms with Crippen LogP contribution in [0.1, 0.15) is 27.9 Å². The zero-order valence-corrected chi connectivity index (χ0v) is 12.1. The molecular weight excluding hydrogens is 256 g/mol. The molecular formula is C15H16N2OS. The second-order valence-electron chi connectivity index (χ2n) is 5.11. The maximum absolute atomic E-state index is 12.1. The Bertz CT molecular complexity index is 696. The Hall–Kier alpha value is -1.55. The van der Waals surface area contributed by atoms with Gasteiger partial charge in [-0.15, -0.1) is 0 Å². The van der Waals surface area contributed by atoms with E-state index in [0.717, 1.165) is 39.5 Å². The largest absolute Gasteiger partial charge is 0.306 e. The van der Waals surface area contributed by atoms with Crippen molar-refractivity contribution in [1.82, 2.24) is 9.97 Å². The molecule has 3 nitrogen and oxygen atoms in total. The SMILES string of the molecule is Cc1cc(C)c(-c2nc3c(c(=O)[nH]2)CSC3)c(C)c1. The summed E-state index contributed by atoms with van der Waals surface area (Å²) < 4.78 is 0. The molecule has 1 aromatic carbocycles. The molecule has 0 fully saturated rings. The molecule has 0 saturated carbocycles. The van der Waals surface area contributed by atoms with Crippen molar-refractivity contribution < 1.29 is 0 Å². The number of hydrogen-bond acceptors (Lipinski definition) is 3. The van der Waals surface area contributed by atoms with E-state index in [1.54, 1.807) is 11.8 Å². The molecule has 1 aromatic heterocycles. The molecule has 1 N–H and O–H groups in total. The summed E-state index contributed by atoms with van der Waals surface area (Å²) in [6.07, 6.45) is 0. The van der Waals surface area contributed by atoms with Gasteiger partial charge in [-0.1, -0.05) is 17.7 Å². The molecule has 3 rings (SSSR count). The molecule has 98 valence electrons. The number of thioether (sulfide) groups is 1. The molecule has 1 aliphatic heterocycles. The summed E-state index contributed by atoms with van der Waals surface area (Å²) in [7, 11) is 0. The summed E-state index contributed by atoms with van der Waals surface area (Å²) in [6, 6.07) is 4.26. The van der Waals surface area contributed by atoms with Crippen LogP contribution in [0, 0.1) is 20.8 Å². The quantitative estimate of drug-likeness (QED) is 0.867. The Labute approximate surface area is 116 Å². The Kier molecular flexibility index (Phi) is 2.97. The maximum atomic E-state index is 12.1. The van der Waals surface area contributed by atoms with Crippen LogP contribution in [0.2, 0.25) is 0 Å². The van der Waals surface area contributed by atoms with Crippen LogP contribution in [-0.4, -0.2) is 9.97 Å². The van der Waals surface area contributed by atoms with Crippen LogP contribution in [0.4, 0.5) is 0 Å². The van der Waals surface area contributed by atoms with Gasteiger partial charge >= 0.3 is 0 Å². The summed E-state index contributed by atoms with van der Waals surface area (Å²) in [4.78, 5) is 19.7. The van der Waals surface area contributed by atoms with Gasteiger partial charge in [-0.2, -0.15) is 11.8 Å². The van der Waals surface area contributed by atoms with Gasteiger partial charge in [0, 0.05) is 22.6 Å². The van der Waals surface area contributed by atoms with E-state index in [1.807, 2.05) is 0 Å². The van der Waals surface area contributed by atoms with E-state index in [0.29, 0.717) is 5.82 Å². The van der Waals surface area contributed by atoms with E-state index in [9.17, 15) is 4.79 Å². The van der Waals surface area contributed by atoms with Crippen molar-refractivity contribution in [2.24, 2.45) is 0 Å². The van der Waals surface area contributed by atoms with Crippen LogP contribution < -0.4 is 5.56 Å². The van der Waals surface area contributed by atoms with Crippen LogP contribution in [0.25, 0.3) is 11.4 Å². The first-order chi connectivity index (χ1) is 9.06. The van der Waals surface area contributed by atoms with Gasteiger partial charge in [-0.3, -0.25) is 4.79 Å². The highest BCUT2D eigenvalue weighted by Crippen LogP contribution is 2.29. The van der Waals surface area contributed by atoms with Gasteiger partial charge in [-0.25, -0.2) is 4.98 Å². The minimum atomic E-state index is 0.0179. The second-order valence-corrected chi connectivity index (χ2v) is 6.09. The Morgan fingerprint density at radius 1 is 1.16 bits per heavy atom. The smallest absolute Gasteiger partial charge is 0.255 e. The lowest BCUT2D eigenvalue weighted by Gasteiger charge is -2.11. The summed E-state index contributed by atoms with van der Waals surface area (Å²) in [5, 5.41) is 0. The summed E-state index contributed by atoms with van der Waals surface area (Å²) in [5.41, 5.74) is 6.42. The third-order valence-electron chi connectivity index (χ3n) is 3.50. The third-order valence-corrected chi connectivity index (χ3v) is 4.47. The predicted molar refractivity (Wildman–Crippen MR) is 79.5 cm³/mol. The topological polar surface area (TPSA) is 45.8 Å². The number of nitrogens with one attached hydrogen (secondary N) is 1. The van der Waals surface area contributed by atoms with Crippen LogP contribution in [0.15, 0.2) is 16.9 Å². The number of aromatic amines is 1. The van der Waals surface area contributed by atoms with Gasteiger partial charge in [0.25, 0.3) is 5.56 Å². The molecule has 19 heavy (non-hydrogen) atoms. The molecule has 1 aliphatic rings. The van der Waals surface area contributed by atoms with Crippen molar-refractivity contribution in [1.29, 1.82) is 0 Å². The summed E-state index contributed by atoms with van der Waals surface area (Å²) in [6.45, 7) is 6.22. The third kappa shape index (κ3) is 2.10. The second kappa shape index (κ2) is 4.53. The first-order valence-corrected chi connectivity index (χ1v) is 7.50. The number of nitrogens with zero attached hydrogens (tertiary/aromatic N) is 1. The fourth-order valence-electron chi connectivity index (χ4n) is 2.73. The average molecular weight is 272 g/mol. The molecule has 0 saturated heterocycles. The first-order valence-electron chi connectivity index (χ1n) is 6.34. The number of H-pyrrole nitrogens is 1.